The number of hydrogen-bond acceptors (Lipinski definition) is 4. The van der Waals surface area contributed by atoms with Gasteiger partial charge in [0.1, 0.15) is 0 Å². The average Bonchev–Trinajstić information content (AvgIpc) is 2.86. The number of hydrogen-bond donors (Lipinski definition) is 0. The molecule has 3 aromatic rings. The van der Waals surface area contributed by atoms with Gasteiger partial charge in [-0.25, -0.2) is 4.57 Å². The predicted molar refractivity (Wildman–Crippen MR) is 130 cm³/mol. The van der Waals surface area contributed by atoms with Gasteiger partial charge in [0.2, 0.25) is 0 Å². The Morgan fingerprint density at radius 1 is 0.469 bits per heavy atom. The molecule has 4 nitrogen and oxygen atoms in total. The summed E-state index contributed by atoms with van der Waals surface area (Å²) in [6, 6.07) is 22.6. The van der Waals surface area contributed by atoms with E-state index in [0.717, 1.165) is 33.4 Å². The first-order valence-corrected chi connectivity index (χ1v) is 13.0. The maximum atomic E-state index is 13.4. The molecule has 0 atom stereocenters. The molecule has 0 spiro atoms. The summed E-state index contributed by atoms with van der Waals surface area (Å²) in [5.74, 6) is 1.28. The van der Waals surface area contributed by atoms with Crippen molar-refractivity contribution >= 4 is 42.6 Å². The van der Waals surface area contributed by atoms with E-state index in [1.165, 1.54) is 0 Å². The van der Waals surface area contributed by atoms with Gasteiger partial charge in [0, 0.05) is 17.6 Å². The molecular weight excluding hydrogens is 490 g/mol. The van der Waals surface area contributed by atoms with Crippen LogP contribution in [0.25, 0.3) is 0 Å². The van der Waals surface area contributed by atoms with Crippen LogP contribution in [0.2, 0.25) is 0 Å². The van der Waals surface area contributed by atoms with Crippen LogP contribution in [0, 0.1) is 0 Å². The molecule has 8 heteroatoms. The van der Waals surface area contributed by atoms with Crippen molar-refractivity contribution in [3.05, 3.63) is 106 Å². The Bertz CT molecular complexity index is 877. The molecule has 0 aromatic heterocycles. The fourth-order valence-electron chi connectivity index (χ4n) is 2.75. The van der Waals surface area contributed by atoms with Crippen molar-refractivity contribution in [1.82, 2.24) is 0 Å². The van der Waals surface area contributed by atoms with E-state index in [1.54, 1.807) is 0 Å². The smallest absolute Gasteiger partial charge is 0.282 e. The van der Waals surface area contributed by atoms with Gasteiger partial charge in [-0.2, -0.15) is 0 Å². The molecule has 32 heavy (non-hydrogen) atoms. The summed E-state index contributed by atoms with van der Waals surface area (Å²) in [5.41, 5.74) is 5.49. The largest absolute Gasteiger partial charge is 0.475 e. The summed E-state index contributed by atoms with van der Waals surface area (Å²) < 4.78 is 30.3. The third-order valence-electron chi connectivity index (χ3n) is 4.70. The van der Waals surface area contributed by atoms with Crippen LogP contribution < -0.4 is 0 Å². The molecule has 3 aromatic carbocycles. The monoisotopic (exact) mass is 512 g/mol. The second-order valence-electron chi connectivity index (χ2n) is 7.12. The molecule has 3 rings (SSSR count). The first-order valence-electron chi connectivity index (χ1n) is 9.98. The van der Waals surface area contributed by atoms with Crippen molar-refractivity contribution in [1.29, 1.82) is 0 Å². The number of benzene rings is 3. The van der Waals surface area contributed by atoms with Crippen LogP contribution in [0.15, 0.2) is 72.8 Å². The zero-order valence-corrected chi connectivity index (χ0v) is 20.5. The Morgan fingerprint density at radius 3 is 0.906 bits per heavy atom. The van der Waals surface area contributed by atoms with Crippen LogP contribution in [-0.4, -0.2) is 0 Å². The lowest BCUT2D eigenvalue weighted by atomic mass is 10.2. The summed E-state index contributed by atoms with van der Waals surface area (Å²) in [7, 11) is -3.85. The highest BCUT2D eigenvalue weighted by Gasteiger charge is 2.27. The highest BCUT2D eigenvalue weighted by molar-refractivity contribution is 7.48. The molecule has 0 bridgehead atoms. The second kappa shape index (κ2) is 12.8. The summed E-state index contributed by atoms with van der Waals surface area (Å²) in [6.45, 7) is 0.239. The Balaban J connectivity index is 1.67. The molecule has 0 unspecified atom stereocenters. The lowest BCUT2D eigenvalue weighted by molar-refractivity contribution is 0.0978. The highest BCUT2D eigenvalue weighted by atomic mass is 35.5. The summed E-state index contributed by atoms with van der Waals surface area (Å²) in [4.78, 5) is 0. The second-order valence-corrected chi connectivity index (χ2v) is 9.59. The highest BCUT2D eigenvalue weighted by Crippen LogP contribution is 2.51. The fraction of sp³-hybridized carbons (Fsp3) is 0.250. The van der Waals surface area contributed by atoms with Gasteiger partial charge in [-0.3, -0.25) is 13.6 Å². The number of phosphoric acid groups is 1. The Hall–Kier alpha value is -1.36. The van der Waals surface area contributed by atoms with Crippen LogP contribution in [-0.2, 0) is 55.6 Å². The van der Waals surface area contributed by atoms with Crippen molar-refractivity contribution in [2.24, 2.45) is 0 Å². The van der Waals surface area contributed by atoms with E-state index in [4.69, 9.17) is 48.4 Å². The summed E-state index contributed by atoms with van der Waals surface area (Å²) in [5, 5.41) is 0. The number of rotatable bonds is 12. The van der Waals surface area contributed by atoms with Crippen molar-refractivity contribution in [2.75, 3.05) is 0 Å². The van der Waals surface area contributed by atoms with E-state index in [9.17, 15) is 4.57 Å². The normalized spacial score (nSPS) is 11.6. The Morgan fingerprint density at radius 2 is 0.688 bits per heavy atom. The molecule has 0 N–H and O–H groups in total. The van der Waals surface area contributed by atoms with E-state index >= 15 is 0 Å². The predicted octanol–water partition coefficient (Wildman–Crippen LogP) is 7.96. The Kier molecular flexibility index (Phi) is 10.1. The van der Waals surface area contributed by atoms with Crippen molar-refractivity contribution in [3.63, 3.8) is 0 Å². The number of halogens is 3. The molecule has 0 saturated heterocycles. The van der Waals surface area contributed by atoms with Crippen LogP contribution in [0.5, 0.6) is 0 Å². The molecule has 0 amide bonds. The number of alkyl halides is 3. The van der Waals surface area contributed by atoms with Gasteiger partial charge in [0.05, 0.1) is 19.8 Å². The fourth-order valence-corrected chi connectivity index (χ4v) is 4.43. The van der Waals surface area contributed by atoms with Crippen LogP contribution in [0.1, 0.15) is 33.4 Å². The van der Waals surface area contributed by atoms with Crippen molar-refractivity contribution in [2.45, 2.75) is 37.5 Å². The van der Waals surface area contributed by atoms with E-state index in [0.29, 0.717) is 17.6 Å². The SMILES string of the molecule is O=P(OCc1ccc(CCl)cc1)(OCc1ccc(CCl)cc1)OCc1ccc(CCl)cc1. The van der Waals surface area contributed by atoms with Gasteiger partial charge in [0.25, 0.3) is 0 Å². The van der Waals surface area contributed by atoms with Crippen molar-refractivity contribution in [3.8, 4) is 0 Å². The molecule has 0 heterocycles. The van der Waals surface area contributed by atoms with Gasteiger partial charge >= 0.3 is 7.82 Å². The maximum Gasteiger partial charge on any atom is 0.475 e. The average molecular weight is 514 g/mol. The molecule has 0 aliphatic rings. The maximum absolute atomic E-state index is 13.4. The van der Waals surface area contributed by atoms with Crippen molar-refractivity contribution < 1.29 is 18.1 Å². The first kappa shape index (κ1) is 25.3. The van der Waals surface area contributed by atoms with Gasteiger partial charge in [-0.1, -0.05) is 72.8 Å². The minimum absolute atomic E-state index is 0.0796. The molecule has 0 saturated carbocycles. The lowest BCUT2D eigenvalue weighted by Gasteiger charge is -2.18. The topological polar surface area (TPSA) is 44.8 Å². The lowest BCUT2D eigenvalue weighted by Crippen LogP contribution is -2.02. The van der Waals surface area contributed by atoms with E-state index < -0.39 is 7.82 Å². The van der Waals surface area contributed by atoms with Gasteiger partial charge in [-0.05, 0) is 33.4 Å². The molecule has 170 valence electrons. The number of phosphoric ester groups is 1. The quantitative estimate of drug-likeness (QED) is 0.182. The third kappa shape index (κ3) is 7.90. The molecule has 0 fully saturated rings. The van der Waals surface area contributed by atoms with Gasteiger partial charge in [-0.15, -0.1) is 34.8 Å². The van der Waals surface area contributed by atoms with Crippen LogP contribution in [0.3, 0.4) is 0 Å². The molecular formula is C24H24Cl3O4P. The van der Waals surface area contributed by atoms with Crippen LogP contribution >= 0.6 is 42.6 Å². The zero-order chi connectivity index (χ0) is 22.8. The summed E-state index contributed by atoms with van der Waals surface area (Å²) >= 11 is 17.5. The van der Waals surface area contributed by atoms with Gasteiger partial charge < -0.3 is 0 Å². The Labute approximate surface area is 204 Å². The molecule has 0 radical (unpaired) electrons. The first-order chi connectivity index (χ1) is 15.5. The zero-order valence-electron chi connectivity index (χ0n) is 17.4. The van der Waals surface area contributed by atoms with E-state index in [1.807, 2.05) is 72.8 Å². The standard InChI is InChI=1S/C24H24Cl3O4P/c25-13-19-1-7-22(8-2-19)16-29-32(28,30-17-23-9-3-20(14-26)4-10-23)31-18-24-11-5-21(15-27)6-12-24/h1-12H,13-18H2. The van der Waals surface area contributed by atoms with E-state index in [-0.39, 0.29) is 19.8 Å². The third-order valence-corrected chi connectivity index (χ3v) is 6.96. The molecule has 0 aliphatic heterocycles. The summed E-state index contributed by atoms with van der Waals surface area (Å²) in [6.07, 6.45) is 0. The minimum Gasteiger partial charge on any atom is -0.282 e. The van der Waals surface area contributed by atoms with Gasteiger partial charge in [0.15, 0.2) is 0 Å². The van der Waals surface area contributed by atoms with Crippen LogP contribution in [0.4, 0.5) is 0 Å². The van der Waals surface area contributed by atoms with E-state index in [2.05, 4.69) is 0 Å². The minimum atomic E-state index is -3.85. The molecule has 0 aliphatic carbocycles.